The first kappa shape index (κ1) is 20.7. The van der Waals surface area contributed by atoms with Crippen LogP contribution in [0, 0.1) is 40.8 Å². The Labute approximate surface area is 186 Å². The average Bonchev–Trinajstić information content (AvgIpc) is 3.14. The van der Waals surface area contributed by atoms with Gasteiger partial charge in [-0.15, -0.1) is 0 Å². The van der Waals surface area contributed by atoms with Crippen molar-refractivity contribution in [3.63, 3.8) is 0 Å². The summed E-state index contributed by atoms with van der Waals surface area (Å²) in [7, 11) is 0. The maximum atomic E-state index is 14.8. The summed E-state index contributed by atoms with van der Waals surface area (Å²) in [6.07, 6.45) is 1.75. The van der Waals surface area contributed by atoms with Gasteiger partial charge in [-0.1, -0.05) is 31.2 Å². The molecule has 1 heterocycles. The van der Waals surface area contributed by atoms with Gasteiger partial charge in [0.1, 0.15) is 11.9 Å². The molecular formula is C25H25FN4O2. The number of benzene rings is 2. The van der Waals surface area contributed by atoms with Crippen LogP contribution in [0.3, 0.4) is 0 Å². The summed E-state index contributed by atoms with van der Waals surface area (Å²) in [6, 6.07) is 13.5. The number of amides is 2. The minimum absolute atomic E-state index is 0.111. The summed E-state index contributed by atoms with van der Waals surface area (Å²) in [4.78, 5) is 23.3. The lowest BCUT2D eigenvalue weighted by Crippen LogP contribution is -2.51. The van der Waals surface area contributed by atoms with E-state index in [9.17, 15) is 19.2 Å². The molecular weight excluding hydrogens is 407 g/mol. The van der Waals surface area contributed by atoms with Crippen LogP contribution in [-0.2, 0) is 16.0 Å². The van der Waals surface area contributed by atoms with Crippen LogP contribution in [0.5, 0.6) is 0 Å². The van der Waals surface area contributed by atoms with E-state index >= 15 is 0 Å². The molecule has 6 nitrogen and oxygen atoms in total. The van der Waals surface area contributed by atoms with E-state index in [1.165, 1.54) is 6.07 Å². The Morgan fingerprint density at radius 3 is 2.66 bits per heavy atom. The zero-order valence-corrected chi connectivity index (χ0v) is 17.7. The molecule has 0 spiro atoms. The van der Waals surface area contributed by atoms with E-state index in [2.05, 4.69) is 28.9 Å². The quantitative estimate of drug-likeness (QED) is 0.587. The molecule has 1 aliphatic heterocycles. The fraction of sp³-hybridized carbons (Fsp3) is 0.400. The fourth-order valence-corrected chi connectivity index (χ4v) is 5.93. The predicted octanol–water partition coefficient (Wildman–Crippen LogP) is 2.85. The standard InChI is InChI=1S/C25H25FN4O2/c1-13-22-19-10-21(23(13)22)30-24(19)25(32)29-18(11-27)8-16-3-2-15(9-20(16)26)14-4-6-17(7-5-14)28-12-31/h2-7,9,12-13,18-19,21-24,30H,8,10H2,1H3,(H,28,31)(H,29,32)/t13?,18-,19?,21?,22?,23?,24?/m0/s1. The molecule has 164 valence electrons. The highest BCUT2D eigenvalue weighted by molar-refractivity contribution is 5.83. The predicted molar refractivity (Wildman–Crippen MR) is 118 cm³/mol. The summed E-state index contributed by atoms with van der Waals surface area (Å²) < 4.78 is 14.8. The van der Waals surface area contributed by atoms with Crippen LogP contribution in [0.2, 0.25) is 0 Å². The molecule has 2 amide bonds. The molecule has 2 aromatic rings. The van der Waals surface area contributed by atoms with Crippen molar-refractivity contribution >= 4 is 18.0 Å². The van der Waals surface area contributed by atoms with Gasteiger partial charge < -0.3 is 16.0 Å². The molecule has 6 unspecified atom stereocenters. The van der Waals surface area contributed by atoms with E-state index in [4.69, 9.17) is 0 Å². The average molecular weight is 432 g/mol. The van der Waals surface area contributed by atoms with E-state index in [1.807, 2.05) is 0 Å². The number of carbonyl (C=O) groups is 2. The van der Waals surface area contributed by atoms with Crippen LogP contribution in [0.25, 0.3) is 11.1 Å². The molecule has 3 fully saturated rings. The minimum atomic E-state index is -0.787. The first-order valence-electron chi connectivity index (χ1n) is 11.0. The van der Waals surface area contributed by atoms with Gasteiger partial charge in [0, 0.05) is 18.2 Å². The van der Waals surface area contributed by atoms with Crippen molar-refractivity contribution in [2.24, 2.45) is 23.7 Å². The Bertz CT molecular complexity index is 1090. The number of nitrogens with one attached hydrogen (secondary N) is 3. The molecule has 5 rings (SSSR count). The monoisotopic (exact) mass is 432 g/mol. The molecule has 7 heteroatoms. The van der Waals surface area contributed by atoms with Gasteiger partial charge >= 0.3 is 0 Å². The van der Waals surface area contributed by atoms with Crippen molar-refractivity contribution in [2.75, 3.05) is 5.32 Å². The molecule has 7 atom stereocenters. The summed E-state index contributed by atoms with van der Waals surface area (Å²) in [5, 5.41) is 18.4. The maximum Gasteiger partial charge on any atom is 0.238 e. The number of rotatable bonds is 7. The largest absolute Gasteiger partial charge is 0.339 e. The third-order valence-corrected chi connectivity index (χ3v) is 7.50. The van der Waals surface area contributed by atoms with Gasteiger partial charge in [-0.3, -0.25) is 9.59 Å². The van der Waals surface area contributed by atoms with Gasteiger partial charge in [-0.2, -0.15) is 5.26 Å². The van der Waals surface area contributed by atoms with Crippen molar-refractivity contribution < 1.29 is 14.0 Å². The zero-order valence-electron chi connectivity index (χ0n) is 17.7. The topological polar surface area (TPSA) is 94.0 Å². The number of hydrogen-bond donors (Lipinski definition) is 3. The summed E-state index contributed by atoms with van der Waals surface area (Å²) in [5.41, 5.74) is 2.55. The second-order valence-corrected chi connectivity index (χ2v) is 9.20. The van der Waals surface area contributed by atoms with Crippen molar-refractivity contribution in [1.29, 1.82) is 5.26 Å². The first-order chi connectivity index (χ1) is 15.5. The van der Waals surface area contributed by atoms with Crippen LogP contribution in [0.4, 0.5) is 10.1 Å². The SMILES string of the molecule is CC1C2C3CC(C(C(=O)N[C@H](C#N)Cc4ccc(-c5ccc(NC=O)cc5)cc4F)N3)C12. The third kappa shape index (κ3) is 3.55. The van der Waals surface area contributed by atoms with Gasteiger partial charge in [-0.25, -0.2) is 4.39 Å². The lowest BCUT2D eigenvalue weighted by molar-refractivity contribution is -0.124. The Morgan fingerprint density at radius 2 is 2.00 bits per heavy atom. The summed E-state index contributed by atoms with van der Waals surface area (Å²) in [5.74, 6) is 1.80. The number of hydrogen-bond acceptors (Lipinski definition) is 4. The zero-order chi connectivity index (χ0) is 22.4. The van der Waals surface area contributed by atoms with Crippen molar-refractivity contribution in [3.8, 4) is 17.2 Å². The van der Waals surface area contributed by atoms with Crippen molar-refractivity contribution in [3.05, 3.63) is 53.8 Å². The lowest BCUT2D eigenvalue weighted by atomic mass is 9.94. The maximum absolute atomic E-state index is 14.8. The Kier molecular flexibility index (Phi) is 5.18. The lowest BCUT2D eigenvalue weighted by Gasteiger charge is -2.23. The third-order valence-electron chi connectivity index (χ3n) is 7.50. The highest BCUT2D eigenvalue weighted by Gasteiger charge is 2.67. The molecule has 2 bridgehead atoms. The van der Waals surface area contributed by atoms with Crippen LogP contribution in [0.1, 0.15) is 18.9 Å². The van der Waals surface area contributed by atoms with Crippen molar-refractivity contribution in [2.45, 2.75) is 37.9 Å². The second kappa shape index (κ2) is 8.03. The number of anilines is 1. The van der Waals surface area contributed by atoms with Gasteiger partial charge in [0.25, 0.3) is 0 Å². The molecule has 3 N–H and O–H groups in total. The smallest absolute Gasteiger partial charge is 0.238 e. The Balaban J connectivity index is 1.23. The highest BCUT2D eigenvalue weighted by Crippen LogP contribution is 2.64. The Morgan fingerprint density at radius 1 is 1.25 bits per heavy atom. The van der Waals surface area contributed by atoms with E-state index in [0.717, 1.165) is 12.0 Å². The highest BCUT2D eigenvalue weighted by atomic mass is 19.1. The molecule has 2 aromatic carbocycles. The summed E-state index contributed by atoms with van der Waals surface area (Å²) >= 11 is 0. The number of nitriles is 1. The van der Waals surface area contributed by atoms with Gasteiger partial charge in [0.15, 0.2) is 0 Å². The van der Waals surface area contributed by atoms with E-state index in [1.54, 1.807) is 36.4 Å². The number of nitrogens with zero attached hydrogens (tertiary/aromatic N) is 1. The van der Waals surface area contributed by atoms with Crippen LogP contribution >= 0.6 is 0 Å². The van der Waals surface area contributed by atoms with Crippen LogP contribution in [0.15, 0.2) is 42.5 Å². The molecule has 3 aliphatic rings. The molecule has 0 radical (unpaired) electrons. The number of fused-ring (bicyclic) bond motifs is 5. The van der Waals surface area contributed by atoms with Crippen LogP contribution < -0.4 is 16.0 Å². The van der Waals surface area contributed by atoms with Gasteiger partial charge in [0.2, 0.25) is 12.3 Å². The molecule has 2 aliphatic carbocycles. The molecule has 0 aromatic heterocycles. The fourth-order valence-electron chi connectivity index (χ4n) is 5.93. The number of carbonyl (C=O) groups excluding carboxylic acids is 2. The molecule has 1 saturated heterocycles. The van der Waals surface area contributed by atoms with E-state index in [-0.39, 0.29) is 18.4 Å². The van der Waals surface area contributed by atoms with Gasteiger partial charge in [0.05, 0.1) is 12.1 Å². The number of halogens is 1. The summed E-state index contributed by atoms with van der Waals surface area (Å²) in [6.45, 7) is 2.25. The molecule has 2 saturated carbocycles. The normalized spacial score (nSPS) is 30.2. The molecule has 32 heavy (non-hydrogen) atoms. The second-order valence-electron chi connectivity index (χ2n) is 9.20. The van der Waals surface area contributed by atoms with E-state index in [0.29, 0.717) is 52.9 Å². The van der Waals surface area contributed by atoms with Gasteiger partial charge in [-0.05, 0) is 65.0 Å². The van der Waals surface area contributed by atoms with Crippen molar-refractivity contribution in [1.82, 2.24) is 10.6 Å². The van der Waals surface area contributed by atoms with Crippen LogP contribution in [-0.4, -0.2) is 30.4 Å². The first-order valence-corrected chi connectivity index (χ1v) is 11.0. The number of piperidine rings is 1. The minimum Gasteiger partial charge on any atom is -0.339 e. The Hall–Kier alpha value is -3.24. The van der Waals surface area contributed by atoms with E-state index < -0.39 is 11.9 Å².